The highest BCUT2D eigenvalue weighted by molar-refractivity contribution is 7.19. The Bertz CT molecular complexity index is 1500. The first-order valence-electron chi connectivity index (χ1n) is 13.3. The fourth-order valence-corrected chi connectivity index (χ4v) is 6.96. The molecule has 190 valence electrons. The number of halogens is 1. The lowest BCUT2D eigenvalue weighted by Crippen LogP contribution is -2.41. The lowest BCUT2D eigenvalue weighted by Gasteiger charge is -2.24. The maximum atomic E-state index is 15.7. The molecule has 1 saturated heterocycles. The van der Waals surface area contributed by atoms with Crippen molar-refractivity contribution in [2.24, 2.45) is 16.8 Å². The molecule has 2 aliphatic heterocycles. The van der Waals surface area contributed by atoms with Crippen LogP contribution in [0.1, 0.15) is 48.1 Å². The van der Waals surface area contributed by atoms with Crippen molar-refractivity contribution in [1.29, 1.82) is 0 Å². The first-order chi connectivity index (χ1) is 17.8. The number of amidine groups is 1. The van der Waals surface area contributed by atoms with Crippen molar-refractivity contribution in [3.05, 3.63) is 58.2 Å². The Balaban J connectivity index is 1.16. The van der Waals surface area contributed by atoms with Gasteiger partial charge in [0.25, 0.3) is 5.91 Å². The zero-order valence-corrected chi connectivity index (χ0v) is 22.0. The monoisotopic (exact) mass is 515 g/mol. The number of hydrogen-bond donors (Lipinski definition) is 0. The van der Waals surface area contributed by atoms with Crippen molar-refractivity contribution >= 4 is 39.1 Å². The zero-order chi connectivity index (χ0) is 25.5. The summed E-state index contributed by atoms with van der Waals surface area (Å²) in [5.74, 6) is 0.750. The van der Waals surface area contributed by atoms with Crippen molar-refractivity contribution < 1.29 is 14.0 Å². The fourth-order valence-electron chi connectivity index (χ4n) is 5.90. The van der Waals surface area contributed by atoms with E-state index in [1.54, 1.807) is 28.4 Å². The van der Waals surface area contributed by atoms with E-state index in [1.165, 1.54) is 20.5 Å². The molecule has 2 aromatic carbocycles. The molecule has 7 rings (SSSR count). The summed E-state index contributed by atoms with van der Waals surface area (Å²) >= 11 is 1.78. The lowest BCUT2D eigenvalue weighted by molar-refractivity contribution is -0.131. The average Bonchev–Trinajstić information content (AvgIpc) is 3.80. The first-order valence-corrected chi connectivity index (χ1v) is 14.2. The summed E-state index contributed by atoms with van der Waals surface area (Å²) in [6.45, 7) is 6.16. The van der Waals surface area contributed by atoms with E-state index in [4.69, 9.17) is 4.99 Å². The second kappa shape index (κ2) is 8.22. The zero-order valence-electron chi connectivity index (χ0n) is 21.2. The summed E-state index contributed by atoms with van der Waals surface area (Å²) in [5, 5.41) is 1.21. The van der Waals surface area contributed by atoms with E-state index in [0.29, 0.717) is 24.5 Å². The van der Waals surface area contributed by atoms with Crippen LogP contribution in [-0.4, -0.2) is 52.6 Å². The Morgan fingerprint density at radius 2 is 1.86 bits per heavy atom. The van der Waals surface area contributed by atoms with Gasteiger partial charge in [-0.3, -0.25) is 19.5 Å². The molecule has 1 unspecified atom stereocenters. The lowest BCUT2D eigenvalue weighted by atomic mass is 10.00. The molecule has 2 aliphatic carbocycles. The molecule has 1 spiro atoms. The van der Waals surface area contributed by atoms with E-state index in [9.17, 15) is 9.59 Å². The minimum Gasteiger partial charge on any atom is -0.342 e. The van der Waals surface area contributed by atoms with Gasteiger partial charge in [0.15, 0.2) is 0 Å². The number of thiophene rings is 1. The van der Waals surface area contributed by atoms with Crippen LogP contribution in [-0.2, 0) is 9.59 Å². The standard InChI is InChI=1S/C30H30FN3O2S/c1-17-18(2)37-26-8-6-21(13-24(17)26)22-5-7-23(25(31)14-22)27-32-30(10-11-30)29(36)34(27)16-19-9-12-33(15-19)28(35)20-3-4-20/h5-8,13-14,19-20H,3-4,9-12,15-16H2,1-2H3. The van der Waals surface area contributed by atoms with Gasteiger partial charge in [0, 0.05) is 35.1 Å². The van der Waals surface area contributed by atoms with Crippen molar-refractivity contribution in [2.45, 2.75) is 51.5 Å². The van der Waals surface area contributed by atoms with Crippen LogP contribution < -0.4 is 0 Å². The fraction of sp³-hybridized carbons (Fsp3) is 0.433. The van der Waals surface area contributed by atoms with Crippen LogP contribution in [0.5, 0.6) is 0 Å². The largest absolute Gasteiger partial charge is 0.342 e. The molecule has 2 saturated carbocycles. The van der Waals surface area contributed by atoms with E-state index in [2.05, 4.69) is 26.0 Å². The quantitative estimate of drug-likeness (QED) is 0.438. The van der Waals surface area contributed by atoms with Crippen LogP contribution in [0, 0.1) is 31.5 Å². The summed E-state index contributed by atoms with van der Waals surface area (Å²) < 4.78 is 16.9. The second-order valence-corrected chi connectivity index (χ2v) is 12.5. The molecular weight excluding hydrogens is 485 g/mol. The number of rotatable bonds is 5. The van der Waals surface area contributed by atoms with Gasteiger partial charge in [0.2, 0.25) is 5.91 Å². The molecule has 2 amide bonds. The van der Waals surface area contributed by atoms with Gasteiger partial charge in [-0.2, -0.15) is 0 Å². The number of likely N-dealkylation sites (tertiary alicyclic amines) is 1. The van der Waals surface area contributed by atoms with Gasteiger partial charge in [-0.25, -0.2) is 4.39 Å². The first kappa shape index (κ1) is 23.1. The molecule has 37 heavy (non-hydrogen) atoms. The summed E-state index contributed by atoms with van der Waals surface area (Å²) in [6, 6.07) is 11.6. The summed E-state index contributed by atoms with van der Waals surface area (Å²) in [6.07, 6.45) is 4.32. The normalized spacial score (nSPS) is 22.4. The number of carbonyl (C=O) groups excluding carboxylic acids is 2. The third kappa shape index (κ3) is 3.81. The Kier molecular flexibility index (Phi) is 5.13. The third-order valence-corrected chi connectivity index (χ3v) is 9.81. The van der Waals surface area contributed by atoms with Crippen LogP contribution in [0.3, 0.4) is 0 Å². The molecule has 7 heteroatoms. The molecule has 3 fully saturated rings. The maximum absolute atomic E-state index is 15.7. The van der Waals surface area contributed by atoms with Crippen LogP contribution in [0.2, 0.25) is 0 Å². The van der Waals surface area contributed by atoms with Gasteiger partial charge < -0.3 is 4.90 Å². The predicted molar refractivity (Wildman–Crippen MR) is 144 cm³/mol. The average molecular weight is 516 g/mol. The van der Waals surface area contributed by atoms with Gasteiger partial charge in [0.05, 0.1) is 5.56 Å². The van der Waals surface area contributed by atoms with E-state index in [0.717, 1.165) is 49.8 Å². The summed E-state index contributed by atoms with van der Waals surface area (Å²) in [7, 11) is 0. The van der Waals surface area contributed by atoms with Gasteiger partial charge >= 0.3 is 0 Å². The van der Waals surface area contributed by atoms with Crippen molar-refractivity contribution in [2.75, 3.05) is 19.6 Å². The van der Waals surface area contributed by atoms with E-state index < -0.39 is 5.54 Å². The van der Waals surface area contributed by atoms with Gasteiger partial charge in [-0.1, -0.05) is 12.1 Å². The van der Waals surface area contributed by atoms with Gasteiger partial charge in [-0.05, 0) is 98.2 Å². The van der Waals surface area contributed by atoms with E-state index in [1.807, 2.05) is 17.0 Å². The van der Waals surface area contributed by atoms with Crippen LogP contribution in [0.4, 0.5) is 4.39 Å². The maximum Gasteiger partial charge on any atom is 0.256 e. The number of benzene rings is 2. The number of nitrogens with zero attached hydrogens (tertiary/aromatic N) is 3. The molecule has 0 bridgehead atoms. The smallest absolute Gasteiger partial charge is 0.256 e. The number of amides is 2. The molecule has 4 aliphatic rings. The second-order valence-electron chi connectivity index (χ2n) is 11.3. The molecule has 1 aromatic heterocycles. The molecule has 1 atom stereocenters. The summed E-state index contributed by atoms with van der Waals surface area (Å²) in [5.41, 5.74) is 2.75. The van der Waals surface area contributed by atoms with Crippen molar-refractivity contribution in [3.63, 3.8) is 0 Å². The van der Waals surface area contributed by atoms with E-state index in [-0.39, 0.29) is 29.5 Å². The number of aliphatic imine (C=N–C) groups is 1. The molecule has 0 radical (unpaired) electrons. The summed E-state index contributed by atoms with van der Waals surface area (Å²) in [4.78, 5) is 35.6. The van der Waals surface area contributed by atoms with E-state index >= 15 is 4.39 Å². The molecule has 0 N–H and O–H groups in total. The molecule has 5 nitrogen and oxygen atoms in total. The minimum absolute atomic E-state index is 0.00768. The Morgan fingerprint density at radius 3 is 2.59 bits per heavy atom. The Hall–Kier alpha value is -3.06. The number of hydrogen-bond acceptors (Lipinski definition) is 4. The van der Waals surface area contributed by atoms with Crippen molar-refractivity contribution in [1.82, 2.24) is 9.80 Å². The van der Waals surface area contributed by atoms with Crippen LogP contribution >= 0.6 is 11.3 Å². The topological polar surface area (TPSA) is 53.0 Å². The number of carbonyl (C=O) groups is 2. The highest BCUT2D eigenvalue weighted by atomic mass is 32.1. The molecular formula is C30H30FN3O2S. The SMILES string of the molecule is Cc1sc2ccc(-c3ccc(C4=NC5(CC5)C(=O)N4CC4CCN(C(=O)C5CC5)C4)c(F)c3)cc2c1C. The predicted octanol–water partition coefficient (Wildman–Crippen LogP) is 5.70. The van der Waals surface area contributed by atoms with Gasteiger partial charge in [0.1, 0.15) is 17.2 Å². The Morgan fingerprint density at radius 1 is 1.11 bits per heavy atom. The molecule has 3 aromatic rings. The Labute approximate surface area is 220 Å². The molecule has 3 heterocycles. The van der Waals surface area contributed by atoms with Crippen LogP contribution in [0.15, 0.2) is 41.4 Å². The highest BCUT2D eigenvalue weighted by Gasteiger charge is 2.58. The third-order valence-electron chi connectivity index (χ3n) is 8.63. The number of fused-ring (bicyclic) bond motifs is 1. The van der Waals surface area contributed by atoms with Crippen molar-refractivity contribution in [3.8, 4) is 11.1 Å². The minimum atomic E-state index is -0.693. The number of aryl methyl sites for hydroxylation is 2. The highest BCUT2D eigenvalue weighted by Crippen LogP contribution is 2.46. The van der Waals surface area contributed by atoms with Crippen LogP contribution in [0.25, 0.3) is 21.2 Å². The van der Waals surface area contributed by atoms with Gasteiger partial charge in [-0.15, -0.1) is 11.3 Å².